The first-order valence-electron chi connectivity index (χ1n) is 3.01. The Morgan fingerprint density at radius 1 is 1.55 bits per heavy atom. The van der Waals surface area contributed by atoms with Gasteiger partial charge in [0.25, 0.3) is 0 Å². The summed E-state index contributed by atoms with van der Waals surface area (Å²) < 4.78 is 5.60. The van der Waals surface area contributed by atoms with E-state index >= 15 is 0 Å². The van der Waals surface area contributed by atoms with E-state index in [1.807, 2.05) is 6.92 Å². The average Bonchev–Trinajstić information content (AvgIpc) is 2.55. The molecular weight excluding hydrogens is 162 g/mol. The lowest BCUT2D eigenvalue weighted by atomic mass is 10.7. The second-order valence-corrected chi connectivity index (χ2v) is 2.69. The van der Waals surface area contributed by atoms with Gasteiger partial charge in [0, 0.05) is 11.5 Å². The van der Waals surface area contributed by atoms with Crippen LogP contribution >= 0.6 is 11.5 Å². The SMILES string of the molecule is Cc1nsc(-n2cncn2)n1. The minimum Gasteiger partial charge on any atom is -0.223 e. The topological polar surface area (TPSA) is 56.5 Å². The molecule has 0 bridgehead atoms. The summed E-state index contributed by atoms with van der Waals surface area (Å²) in [4.78, 5) is 7.92. The molecular formula is C5H5N5S. The van der Waals surface area contributed by atoms with Crippen LogP contribution in [0.2, 0.25) is 0 Å². The summed E-state index contributed by atoms with van der Waals surface area (Å²) in [7, 11) is 0. The van der Waals surface area contributed by atoms with Gasteiger partial charge in [-0.05, 0) is 6.92 Å². The Morgan fingerprint density at radius 3 is 3.00 bits per heavy atom. The molecule has 2 heterocycles. The molecule has 5 nitrogen and oxygen atoms in total. The average molecular weight is 167 g/mol. The first-order valence-corrected chi connectivity index (χ1v) is 3.79. The molecule has 0 aliphatic rings. The van der Waals surface area contributed by atoms with Crippen LogP contribution in [0, 0.1) is 6.92 Å². The minimum atomic E-state index is 0.750. The summed E-state index contributed by atoms with van der Waals surface area (Å²) in [6, 6.07) is 0. The smallest absolute Gasteiger partial charge is 0.223 e. The fourth-order valence-corrected chi connectivity index (χ4v) is 1.29. The fraction of sp³-hybridized carbons (Fsp3) is 0.200. The van der Waals surface area contributed by atoms with Crippen LogP contribution in [0.1, 0.15) is 5.82 Å². The molecule has 2 rings (SSSR count). The molecule has 11 heavy (non-hydrogen) atoms. The van der Waals surface area contributed by atoms with E-state index in [2.05, 4.69) is 19.4 Å². The monoisotopic (exact) mass is 167 g/mol. The van der Waals surface area contributed by atoms with Crippen LogP contribution in [-0.4, -0.2) is 24.1 Å². The van der Waals surface area contributed by atoms with E-state index < -0.39 is 0 Å². The number of aryl methyl sites for hydroxylation is 1. The number of aromatic nitrogens is 5. The van der Waals surface area contributed by atoms with Crippen LogP contribution in [0.25, 0.3) is 5.13 Å². The van der Waals surface area contributed by atoms with E-state index in [1.54, 1.807) is 11.0 Å². The lowest BCUT2D eigenvalue weighted by Gasteiger charge is -1.87. The second kappa shape index (κ2) is 2.39. The van der Waals surface area contributed by atoms with Crippen molar-refractivity contribution in [2.24, 2.45) is 0 Å². The minimum absolute atomic E-state index is 0.750. The zero-order valence-electron chi connectivity index (χ0n) is 5.80. The summed E-state index contributed by atoms with van der Waals surface area (Å²) in [6.07, 6.45) is 3.07. The molecule has 0 aliphatic heterocycles. The molecule has 0 atom stereocenters. The van der Waals surface area contributed by atoms with Gasteiger partial charge in [0.1, 0.15) is 18.5 Å². The zero-order valence-corrected chi connectivity index (χ0v) is 6.62. The highest BCUT2D eigenvalue weighted by molar-refractivity contribution is 7.08. The molecule has 2 aromatic heterocycles. The molecule has 0 amide bonds. The summed E-state index contributed by atoms with van der Waals surface area (Å²) in [5.74, 6) is 0.764. The maximum Gasteiger partial charge on any atom is 0.231 e. The Kier molecular flexibility index (Phi) is 1.39. The summed E-state index contributed by atoms with van der Waals surface area (Å²) in [6.45, 7) is 1.84. The van der Waals surface area contributed by atoms with Gasteiger partial charge in [-0.15, -0.1) is 0 Å². The van der Waals surface area contributed by atoms with Crippen molar-refractivity contribution < 1.29 is 0 Å². The van der Waals surface area contributed by atoms with Crippen molar-refractivity contribution >= 4 is 11.5 Å². The molecule has 0 spiro atoms. The first-order chi connectivity index (χ1) is 5.36. The summed E-state index contributed by atoms with van der Waals surface area (Å²) in [5, 5.41) is 4.66. The van der Waals surface area contributed by atoms with E-state index in [4.69, 9.17) is 0 Å². The van der Waals surface area contributed by atoms with E-state index in [0.29, 0.717) is 0 Å². The molecule has 56 valence electrons. The number of hydrogen-bond donors (Lipinski definition) is 0. The predicted octanol–water partition coefficient (Wildman–Crippen LogP) is 0.427. The van der Waals surface area contributed by atoms with E-state index in [0.717, 1.165) is 11.0 Å². The van der Waals surface area contributed by atoms with Crippen LogP contribution in [0.15, 0.2) is 12.7 Å². The third-order valence-electron chi connectivity index (χ3n) is 1.13. The van der Waals surface area contributed by atoms with Gasteiger partial charge >= 0.3 is 0 Å². The first kappa shape index (κ1) is 6.41. The highest BCUT2D eigenvalue weighted by atomic mass is 32.1. The standard InChI is InChI=1S/C5H5N5S/c1-4-8-5(11-9-4)10-3-6-2-7-10/h2-3H,1H3. The third kappa shape index (κ3) is 1.12. The van der Waals surface area contributed by atoms with Crippen molar-refractivity contribution in [1.82, 2.24) is 24.1 Å². The van der Waals surface area contributed by atoms with Crippen LogP contribution in [0.5, 0.6) is 0 Å². The normalized spacial score (nSPS) is 10.3. The van der Waals surface area contributed by atoms with Crippen molar-refractivity contribution in [2.45, 2.75) is 6.92 Å². The number of rotatable bonds is 1. The fourth-order valence-electron chi connectivity index (χ4n) is 0.686. The van der Waals surface area contributed by atoms with Crippen molar-refractivity contribution in [3.05, 3.63) is 18.5 Å². The lowest BCUT2D eigenvalue weighted by molar-refractivity contribution is 0.862. The molecule has 0 saturated carbocycles. The highest BCUT2D eigenvalue weighted by Gasteiger charge is 2.01. The van der Waals surface area contributed by atoms with Gasteiger partial charge < -0.3 is 0 Å². The molecule has 0 aliphatic carbocycles. The number of nitrogens with zero attached hydrogens (tertiary/aromatic N) is 5. The quantitative estimate of drug-likeness (QED) is 0.618. The van der Waals surface area contributed by atoms with Gasteiger partial charge in [0.05, 0.1) is 0 Å². The zero-order chi connectivity index (χ0) is 7.68. The molecule has 6 heteroatoms. The van der Waals surface area contributed by atoms with Crippen molar-refractivity contribution in [3.8, 4) is 5.13 Å². The van der Waals surface area contributed by atoms with E-state index in [1.165, 1.54) is 17.9 Å². The maximum absolute atomic E-state index is 4.12. The second-order valence-electron chi connectivity index (χ2n) is 1.96. The van der Waals surface area contributed by atoms with Gasteiger partial charge in [0.2, 0.25) is 5.13 Å². The molecule has 0 radical (unpaired) electrons. The largest absolute Gasteiger partial charge is 0.231 e. The van der Waals surface area contributed by atoms with Crippen molar-refractivity contribution in [3.63, 3.8) is 0 Å². The van der Waals surface area contributed by atoms with Crippen molar-refractivity contribution in [2.75, 3.05) is 0 Å². The molecule has 2 aromatic rings. The third-order valence-corrected chi connectivity index (χ3v) is 1.93. The molecule has 0 unspecified atom stereocenters. The van der Waals surface area contributed by atoms with Crippen LogP contribution in [0.3, 0.4) is 0 Å². The van der Waals surface area contributed by atoms with Crippen molar-refractivity contribution in [1.29, 1.82) is 0 Å². The highest BCUT2D eigenvalue weighted by Crippen LogP contribution is 2.06. The van der Waals surface area contributed by atoms with E-state index in [9.17, 15) is 0 Å². The van der Waals surface area contributed by atoms with Gasteiger partial charge in [-0.3, -0.25) is 0 Å². The molecule has 0 N–H and O–H groups in total. The van der Waals surface area contributed by atoms with E-state index in [-0.39, 0.29) is 0 Å². The molecule has 0 fully saturated rings. The Morgan fingerprint density at radius 2 is 2.45 bits per heavy atom. The predicted molar refractivity (Wildman–Crippen MR) is 39.6 cm³/mol. The van der Waals surface area contributed by atoms with Gasteiger partial charge in [-0.2, -0.15) is 14.2 Å². The summed E-state index contributed by atoms with van der Waals surface area (Å²) >= 11 is 1.31. The Hall–Kier alpha value is -1.30. The van der Waals surface area contributed by atoms with Crippen LogP contribution in [0.4, 0.5) is 0 Å². The Bertz CT molecular complexity index is 337. The molecule has 0 saturated heterocycles. The lowest BCUT2D eigenvalue weighted by Crippen LogP contribution is -1.92. The Labute approximate surface area is 66.9 Å². The van der Waals surface area contributed by atoms with Gasteiger partial charge in [0.15, 0.2) is 0 Å². The van der Waals surface area contributed by atoms with Gasteiger partial charge in [-0.25, -0.2) is 9.97 Å². The molecule has 0 aromatic carbocycles. The Balaban J connectivity index is 2.45. The summed E-state index contributed by atoms with van der Waals surface area (Å²) in [5.41, 5.74) is 0. The van der Waals surface area contributed by atoms with Gasteiger partial charge in [-0.1, -0.05) is 0 Å². The number of hydrogen-bond acceptors (Lipinski definition) is 5. The van der Waals surface area contributed by atoms with Crippen LogP contribution < -0.4 is 0 Å². The maximum atomic E-state index is 4.12. The van der Waals surface area contributed by atoms with Crippen LogP contribution in [-0.2, 0) is 0 Å².